The predicted molar refractivity (Wildman–Crippen MR) is 66.6 cm³/mol. The van der Waals surface area contributed by atoms with Crippen molar-refractivity contribution in [2.45, 2.75) is 50.9 Å². The van der Waals surface area contributed by atoms with E-state index in [4.69, 9.17) is 15.2 Å². The summed E-state index contributed by atoms with van der Waals surface area (Å²) < 4.78 is 11.2. The van der Waals surface area contributed by atoms with E-state index in [1.807, 2.05) is 0 Å². The molecule has 3 fully saturated rings. The summed E-state index contributed by atoms with van der Waals surface area (Å²) in [5, 5.41) is 0. The maximum Gasteiger partial charge on any atom is 0.0838 e. The first-order valence-electron chi connectivity index (χ1n) is 6.95. The first-order chi connectivity index (χ1) is 8.14. The van der Waals surface area contributed by atoms with E-state index in [1.165, 1.54) is 12.8 Å². The van der Waals surface area contributed by atoms with Crippen molar-refractivity contribution in [2.24, 2.45) is 28.9 Å². The van der Waals surface area contributed by atoms with E-state index in [9.17, 15) is 0 Å². The summed E-state index contributed by atoms with van der Waals surface area (Å²) in [7, 11) is 3.61. The molecule has 0 radical (unpaired) electrons. The summed E-state index contributed by atoms with van der Waals surface area (Å²) in [5.74, 6) is 2.35. The molecular formula is C14H25NO2. The van der Waals surface area contributed by atoms with Crippen LogP contribution in [0.5, 0.6) is 0 Å². The smallest absolute Gasteiger partial charge is 0.0838 e. The highest BCUT2D eigenvalue weighted by Crippen LogP contribution is 2.64. The standard InChI is InChI=1S/C14H25NO2/c1-8-9-4-5-10(8)14(13(9)15)6-11(16-2)12(7-14)17-3/h8-13H,4-7,15H2,1-3H3/t8?,9?,10-,11-,12?,13-,14?/m1/s1. The third-order valence-corrected chi connectivity index (χ3v) is 6.17. The van der Waals surface area contributed by atoms with Crippen molar-refractivity contribution in [3.8, 4) is 0 Å². The van der Waals surface area contributed by atoms with Crippen molar-refractivity contribution in [2.75, 3.05) is 14.2 Å². The molecule has 1 spiro atoms. The Bertz CT molecular complexity index is 295. The third kappa shape index (κ3) is 1.39. The molecule has 17 heavy (non-hydrogen) atoms. The van der Waals surface area contributed by atoms with Gasteiger partial charge in [0.1, 0.15) is 0 Å². The lowest BCUT2D eigenvalue weighted by Gasteiger charge is -2.39. The van der Waals surface area contributed by atoms with Crippen LogP contribution in [-0.4, -0.2) is 32.5 Å². The average Bonchev–Trinajstić information content (AvgIpc) is 2.93. The number of ether oxygens (including phenoxy) is 2. The van der Waals surface area contributed by atoms with Gasteiger partial charge in [0.15, 0.2) is 0 Å². The third-order valence-electron chi connectivity index (χ3n) is 6.17. The van der Waals surface area contributed by atoms with E-state index in [2.05, 4.69) is 6.92 Å². The van der Waals surface area contributed by atoms with Gasteiger partial charge in [0.2, 0.25) is 0 Å². The lowest BCUT2D eigenvalue weighted by molar-refractivity contribution is -0.0157. The van der Waals surface area contributed by atoms with Crippen molar-refractivity contribution >= 4 is 0 Å². The molecule has 0 heterocycles. The quantitative estimate of drug-likeness (QED) is 0.799. The highest BCUT2D eigenvalue weighted by molar-refractivity contribution is 5.16. The van der Waals surface area contributed by atoms with Crippen LogP contribution in [0.3, 0.4) is 0 Å². The van der Waals surface area contributed by atoms with Crippen LogP contribution in [0, 0.1) is 23.2 Å². The molecule has 4 unspecified atom stereocenters. The van der Waals surface area contributed by atoms with Crippen LogP contribution < -0.4 is 5.73 Å². The van der Waals surface area contributed by atoms with Crippen molar-refractivity contribution < 1.29 is 9.47 Å². The summed E-state index contributed by atoms with van der Waals surface area (Å²) in [4.78, 5) is 0. The lowest BCUT2D eigenvalue weighted by Crippen LogP contribution is -2.45. The van der Waals surface area contributed by atoms with E-state index in [1.54, 1.807) is 14.2 Å². The van der Waals surface area contributed by atoms with E-state index in [0.29, 0.717) is 11.5 Å². The largest absolute Gasteiger partial charge is 0.379 e. The first kappa shape index (κ1) is 11.9. The van der Waals surface area contributed by atoms with Gasteiger partial charge in [0.25, 0.3) is 0 Å². The molecule has 3 rings (SSSR count). The van der Waals surface area contributed by atoms with Crippen molar-refractivity contribution in [1.29, 1.82) is 0 Å². The summed E-state index contributed by atoms with van der Waals surface area (Å²) >= 11 is 0. The number of nitrogens with two attached hydrogens (primary N) is 1. The fraction of sp³-hybridized carbons (Fsp3) is 1.00. The van der Waals surface area contributed by atoms with Gasteiger partial charge < -0.3 is 15.2 Å². The highest BCUT2D eigenvalue weighted by atomic mass is 16.5. The van der Waals surface area contributed by atoms with Crippen LogP contribution in [0.15, 0.2) is 0 Å². The molecule has 0 aromatic rings. The molecule has 0 saturated heterocycles. The Morgan fingerprint density at radius 1 is 1.06 bits per heavy atom. The van der Waals surface area contributed by atoms with Crippen LogP contribution in [0.1, 0.15) is 32.6 Å². The molecule has 2 N–H and O–H groups in total. The van der Waals surface area contributed by atoms with Gasteiger partial charge in [-0.3, -0.25) is 0 Å². The highest BCUT2D eigenvalue weighted by Gasteiger charge is 2.64. The summed E-state index contributed by atoms with van der Waals surface area (Å²) in [6.07, 6.45) is 5.41. The Morgan fingerprint density at radius 3 is 2.06 bits per heavy atom. The minimum Gasteiger partial charge on any atom is -0.379 e. The minimum atomic E-state index is 0.248. The molecule has 3 saturated carbocycles. The molecule has 0 amide bonds. The van der Waals surface area contributed by atoms with E-state index < -0.39 is 0 Å². The van der Waals surface area contributed by atoms with Crippen LogP contribution in [0.2, 0.25) is 0 Å². The maximum absolute atomic E-state index is 6.57. The first-order valence-corrected chi connectivity index (χ1v) is 6.95. The van der Waals surface area contributed by atoms with Crippen LogP contribution in [-0.2, 0) is 9.47 Å². The van der Waals surface area contributed by atoms with Gasteiger partial charge in [-0.2, -0.15) is 0 Å². The molecule has 0 aliphatic heterocycles. The van der Waals surface area contributed by atoms with Gasteiger partial charge in [-0.1, -0.05) is 6.92 Å². The molecule has 98 valence electrons. The Morgan fingerprint density at radius 2 is 1.65 bits per heavy atom. The SMILES string of the molecule is COC1CC2(C[C@H]1OC)[C@H](N)C1CC[C@@H]2C1C. The van der Waals surface area contributed by atoms with Crippen LogP contribution >= 0.6 is 0 Å². The number of fused-ring (bicyclic) bond motifs is 3. The van der Waals surface area contributed by atoms with E-state index in [-0.39, 0.29) is 12.2 Å². The number of hydrogen-bond donors (Lipinski definition) is 1. The number of methoxy groups -OCH3 is 2. The monoisotopic (exact) mass is 239 g/mol. The normalized spacial score (nSPS) is 57.2. The molecule has 2 bridgehead atoms. The Labute approximate surface area is 104 Å². The second-order valence-corrected chi connectivity index (χ2v) is 6.42. The van der Waals surface area contributed by atoms with Crippen molar-refractivity contribution in [1.82, 2.24) is 0 Å². The van der Waals surface area contributed by atoms with Crippen molar-refractivity contribution in [3.63, 3.8) is 0 Å². The van der Waals surface area contributed by atoms with E-state index >= 15 is 0 Å². The minimum absolute atomic E-state index is 0.248. The maximum atomic E-state index is 6.57. The van der Waals surface area contributed by atoms with Gasteiger partial charge in [-0.15, -0.1) is 0 Å². The van der Waals surface area contributed by atoms with Crippen LogP contribution in [0.25, 0.3) is 0 Å². The second-order valence-electron chi connectivity index (χ2n) is 6.42. The molecule has 3 aliphatic carbocycles. The summed E-state index contributed by atoms with van der Waals surface area (Å²) in [6.45, 7) is 2.40. The van der Waals surface area contributed by atoms with Gasteiger partial charge in [0.05, 0.1) is 12.2 Å². The van der Waals surface area contributed by atoms with Gasteiger partial charge in [-0.25, -0.2) is 0 Å². The zero-order chi connectivity index (χ0) is 12.2. The Balaban J connectivity index is 1.88. The molecule has 3 aliphatic rings. The predicted octanol–water partition coefficient (Wildman–Crippen LogP) is 1.80. The fourth-order valence-electron chi connectivity index (χ4n) is 5.33. The molecule has 7 atom stereocenters. The van der Waals surface area contributed by atoms with Crippen LogP contribution in [0.4, 0.5) is 0 Å². The van der Waals surface area contributed by atoms with Crippen molar-refractivity contribution in [3.05, 3.63) is 0 Å². The molecule has 3 heteroatoms. The van der Waals surface area contributed by atoms with Gasteiger partial charge in [-0.05, 0) is 48.9 Å². The number of rotatable bonds is 2. The molecule has 0 aromatic carbocycles. The average molecular weight is 239 g/mol. The fourth-order valence-corrected chi connectivity index (χ4v) is 5.33. The topological polar surface area (TPSA) is 44.5 Å². The van der Waals surface area contributed by atoms with Gasteiger partial charge in [0, 0.05) is 20.3 Å². The number of hydrogen-bond acceptors (Lipinski definition) is 3. The zero-order valence-corrected chi connectivity index (χ0v) is 11.2. The summed E-state index contributed by atoms with van der Waals surface area (Å²) in [5.41, 5.74) is 6.88. The second kappa shape index (κ2) is 3.94. The Kier molecular flexibility index (Phi) is 2.77. The summed E-state index contributed by atoms with van der Waals surface area (Å²) in [6, 6.07) is 0.369. The van der Waals surface area contributed by atoms with Gasteiger partial charge >= 0.3 is 0 Å². The molecular weight excluding hydrogens is 214 g/mol. The lowest BCUT2D eigenvalue weighted by atomic mass is 9.68. The molecule has 3 nitrogen and oxygen atoms in total. The zero-order valence-electron chi connectivity index (χ0n) is 11.2. The van der Waals surface area contributed by atoms with E-state index in [0.717, 1.165) is 30.6 Å². The Hall–Kier alpha value is -0.120. The molecule has 0 aromatic heterocycles.